The predicted molar refractivity (Wildman–Crippen MR) is 125 cm³/mol. The summed E-state index contributed by atoms with van der Waals surface area (Å²) in [6.45, 7) is 0.641. The molecule has 6 nitrogen and oxygen atoms in total. The molecule has 0 radical (unpaired) electrons. The lowest BCUT2D eigenvalue weighted by Crippen LogP contribution is -2.35. The second-order valence-corrected chi connectivity index (χ2v) is 9.75. The number of methoxy groups -OCH3 is 1. The van der Waals surface area contributed by atoms with Gasteiger partial charge in [0.25, 0.3) is 15.9 Å². The molecule has 0 spiro atoms. The van der Waals surface area contributed by atoms with E-state index >= 15 is 0 Å². The van der Waals surface area contributed by atoms with E-state index in [1.165, 1.54) is 22.5 Å². The molecule has 0 aromatic heterocycles. The lowest BCUT2D eigenvalue weighted by Gasteiger charge is -2.30. The van der Waals surface area contributed by atoms with Gasteiger partial charge in [-0.2, -0.15) is 0 Å². The van der Waals surface area contributed by atoms with E-state index in [2.05, 4.69) is 5.32 Å². The van der Waals surface area contributed by atoms with Crippen molar-refractivity contribution >= 4 is 33.2 Å². The SMILES string of the molecule is COc1cccc(CNC(=O)c2cc(S(=O)(=O)N3CCCc4ccccc43)ccc2Cl)c1. The minimum absolute atomic E-state index is 0.0325. The third-order valence-corrected chi connectivity index (χ3v) is 7.56. The number of nitrogens with one attached hydrogen (secondary N) is 1. The van der Waals surface area contributed by atoms with Crippen LogP contribution in [0.1, 0.15) is 27.9 Å². The summed E-state index contributed by atoms with van der Waals surface area (Å²) in [6, 6.07) is 19.0. The van der Waals surface area contributed by atoms with Gasteiger partial charge in [-0.3, -0.25) is 9.10 Å². The number of para-hydroxylation sites is 1. The smallest absolute Gasteiger partial charge is 0.264 e. The van der Waals surface area contributed by atoms with Crippen LogP contribution in [0.25, 0.3) is 0 Å². The van der Waals surface area contributed by atoms with Gasteiger partial charge in [0.15, 0.2) is 0 Å². The molecule has 32 heavy (non-hydrogen) atoms. The molecule has 0 atom stereocenters. The van der Waals surface area contributed by atoms with Gasteiger partial charge in [-0.1, -0.05) is 41.9 Å². The molecule has 4 rings (SSSR count). The fraction of sp³-hybridized carbons (Fsp3) is 0.208. The van der Waals surface area contributed by atoms with Crippen LogP contribution in [-0.2, 0) is 23.0 Å². The topological polar surface area (TPSA) is 75.7 Å². The minimum atomic E-state index is -3.85. The third kappa shape index (κ3) is 4.45. The lowest BCUT2D eigenvalue weighted by atomic mass is 10.0. The number of rotatable bonds is 6. The number of nitrogens with zero attached hydrogens (tertiary/aromatic N) is 1. The van der Waals surface area contributed by atoms with Crippen LogP contribution in [0.3, 0.4) is 0 Å². The third-order valence-electron chi connectivity index (χ3n) is 5.43. The average Bonchev–Trinajstić information content (AvgIpc) is 2.82. The average molecular weight is 471 g/mol. The second kappa shape index (κ2) is 9.22. The van der Waals surface area contributed by atoms with Gasteiger partial charge in [-0.25, -0.2) is 8.42 Å². The van der Waals surface area contributed by atoms with Crippen molar-refractivity contribution in [2.75, 3.05) is 18.0 Å². The first kappa shape index (κ1) is 22.2. The highest BCUT2D eigenvalue weighted by atomic mass is 35.5. The molecule has 0 saturated carbocycles. The maximum absolute atomic E-state index is 13.4. The molecular formula is C24H23ClN2O4S. The molecule has 1 N–H and O–H groups in total. The largest absolute Gasteiger partial charge is 0.497 e. The number of benzene rings is 3. The van der Waals surface area contributed by atoms with Crippen molar-refractivity contribution in [3.05, 3.63) is 88.4 Å². The van der Waals surface area contributed by atoms with E-state index in [0.29, 0.717) is 18.0 Å². The Bertz CT molecular complexity index is 1260. The first-order valence-corrected chi connectivity index (χ1v) is 12.0. The zero-order valence-corrected chi connectivity index (χ0v) is 19.1. The van der Waals surface area contributed by atoms with Gasteiger partial charge in [0.05, 0.1) is 28.3 Å². The van der Waals surface area contributed by atoms with E-state index in [9.17, 15) is 13.2 Å². The summed E-state index contributed by atoms with van der Waals surface area (Å²) < 4.78 is 33.5. The molecule has 0 saturated heterocycles. The Morgan fingerprint density at radius 1 is 1.09 bits per heavy atom. The molecule has 0 bridgehead atoms. The van der Waals surface area contributed by atoms with Gasteiger partial charge in [-0.15, -0.1) is 0 Å². The summed E-state index contributed by atoms with van der Waals surface area (Å²) >= 11 is 6.25. The summed E-state index contributed by atoms with van der Waals surface area (Å²) in [7, 11) is -2.27. The van der Waals surface area contributed by atoms with Crippen molar-refractivity contribution in [3.63, 3.8) is 0 Å². The molecule has 0 aliphatic carbocycles. The van der Waals surface area contributed by atoms with Crippen LogP contribution in [0.15, 0.2) is 71.6 Å². The van der Waals surface area contributed by atoms with Gasteiger partial charge in [-0.05, 0) is 60.4 Å². The van der Waals surface area contributed by atoms with Gasteiger partial charge < -0.3 is 10.1 Å². The number of amides is 1. The molecule has 1 amide bonds. The first-order chi connectivity index (χ1) is 15.4. The molecule has 0 fully saturated rings. The fourth-order valence-electron chi connectivity index (χ4n) is 3.77. The lowest BCUT2D eigenvalue weighted by molar-refractivity contribution is 0.0951. The molecule has 8 heteroatoms. The molecule has 3 aromatic carbocycles. The van der Waals surface area contributed by atoms with Crippen molar-refractivity contribution in [1.29, 1.82) is 0 Å². The zero-order valence-electron chi connectivity index (χ0n) is 17.5. The normalized spacial score (nSPS) is 13.4. The number of fused-ring (bicyclic) bond motifs is 1. The highest BCUT2D eigenvalue weighted by Gasteiger charge is 2.29. The maximum Gasteiger partial charge on any atom is 0.264 e. The van der Waals surface area contributed by atoms with Gasteiger partial charge in [0, 0.05) is 13.1 Å². The van der Waals surface area contributed by atoms with Crippen molar-refractivity contribution in [2.45, 2.75) is 24.3 Å². The van der Waals surface area contributed by atoms with E-state index in [1.807, 2.05) is 48.5 Å². The minimum Gasteiger partial charge on any atom is -0.497 e. The maximum atomic E-state index is 13.4. The van der Waals surface area contributed by atoms with Crippen LogP contribution in [0.2, 0.25) is 5.02 Å². The highest BCUT2D eigenvalue weighted by Crippen LogP contribution is 2.32. The quantitative estimate of drug-likeness (QED) is 0.578. The van der Waals surface area contributed by atoms with Crippen molar-refractivity contribution < 1.29 is 17.9 Å². The molecule has 1 aliphatic rings. The van der Waals surface area contributed by atoms with E-state index in [0.717, 1.165) is 24.0 Å². The Hall–Kier alpha value is -3.03. The molecule has 166 valence electrons. The molecule has 1 aliphatic heterocycles. The van der Waals surface area contributed by atoms with E-state index in [-0.39, 0.29) is 22.0 Å². The molecule has 1 heterocycles. The van der Waals surface area contributed by atoms with Crippen LogP contribution in [0, 0.1) is 0 Å². The summed E-state index contributed by atoms with van der Waals surface area (Å²) in [4.78, 5) is 12.8. The van der Waals surface area contributed by atoms with Gasteiger partial charge in [0.1, 0.15) is 5.75 Å². The van der Waals surface area contributed by atoms with E-state index in [4.69, 9.17) is 16.3 Å². The number of ether oxygens (including phenoxy) is 1. The number of carbonyl (C=O) groups is 1. The Balaban J connectivity index is 1.59. The number of halogens is 1. The van der Waals surface area contributed by atoms with Crippen LogP contribution in [-0.4, -0.2) is 28.0 Å². The Morgan fingerprint density at radius 2 is 1.91 bits per heavy atom. The van der Waals surface area contributed by atoms with E-state index in [1.54, 1.807) is 7.11 Å². The number of sulfonamides is 1. The fourth-order valence-corrected chi connectivity index (χ4v) is 5.55. The summed E-state index contributed by atoms with van der Waals surface area (Å²) in [5.41, 5.74) is 2.63. The first-order valence-electron chi connectivity index (χ1n) is 10.2. The molecular weight excluding hydrogens is 448 g/mol. The standard InChI is InChI=1S/C24H23ClN2O4S/c1-31-19-9-4-6-17(14-19)16-26-24(28)21-15-20(11-12-22(21)25)32(29,30)27-13-5-8-18-7-2-3-10-23(18)27/h2-4,6-7,9-12,14-15H,5,8,13,16H2,1H3,(H,26,28). The molecule has 3 aromatic rings. The second-order valence-electron chi connectivity index (χ2n) is 7.49. The number of hydrogen-bond acceptors (Lipinski definition) is 4. The summed E-state index contributed by atoms with van der Waals surface area (Å²) in [5.74, 6) is 0.235. The van der Waals surface area contributed by atoms with Crippen LogP contribution < -0.4 is 14.4 Å². The van der Waals surface area contributed by atoms with Crippen LogP contribution in [0.5, 0.6) is 5.75 Å². The van der Waals surface area contributed by atoms with Gasteiger partial charge >= 0.3 is 0 Å². The number of hydrogen-bond donors (Lipinski definition) is 1. The Kier molecular flexibility index (Phi) is 6.39. The summed E-state index contributed by atoms with van der Waals surface area (Å²) in [5, 5.41) is 2.98. The zero-order chi connectivity index (χ0) is 22.7. The van der Waals surface area contributed by atoms with Crippen molar-refractivity contribution in [2.24, 2.45) is 0 Å². The van der Waals surface area contributed by atoms with Crippen LogP contribution in [0.4, 0.5) is 5.69 Å². The van der Waals surface area contributed by atoms with Crippen molar-refractivity contribution in [3.8, 4) is 5.75 Å². The number of aryl methyl sites for hydroxylation is 1. The number of carbonyl (C=O) groups excluding carboxylic acids is 1. The van der Waals surface area contributed by atoms with Crippen molar-refractivity contribution in [1.82, 2.24) is 5.32 Å². The Morgan fingerprint density at radius 3 is 2.72 bits per heavy atom. The highest BCUT2D eigenvalue weighted by molar-refractivity contribution is 7.92. The van der Waals surface area contributed by atoms with Crippen LogP contribution >= 0.6 is 11.6 Å². The molecule has 0 unspecified atom stereocenters. The van der Waals surface area contributed by atoms with E-state index < -0.39 is 15.9 Å². The Labute approximate surface area is 192 Å². The summed E-state index contributed by atoms with van der Waals surface area (Å²) in [6.07, 6.45) is 1.57. The van der Waals surface area contributed by atoms with Gasteiger partial charge in [0.2, 0.25) is 0 Å². The predicted octanol–water partition coefficient (Wildman–Crippen LogP) is 4.42. The number of anilines is 1. The monoisotopic (exact) mass is 470 g/mol.